The maximum Gasteiger partial charge on any atom is 0.319 e. The zero-order valence-electron chi connectivity index (χ0n) is 19.9. The largest absolute Gasteiger partial charge is 0.493 e. The summed E-state index contributed by atoms with van der Waals surface area (Å²) in [7, 11) is 1.51. The minimum absolute atomic E-state index is 0.0532. The van der Waals surface area contributed by atoms with Gasteiger partial charge in [-0.15, -0.1) is 0 Å². The maximum atomic E-state index is 14.8. The predicted molar refractivity (Wildman–Crippen MR) is 131 cm³/mol. The Morgan fingerprint density at radius 3 is 2.51 bits per heavy atom. The van der Waals surface area contributed by atoms with E-state index in [4.69, 9.17) is 18.9 Å². The van der Waals surface area contributed by atoms with E-state index in [1.54, 1.807) is 25.1 Å². The number of aromatic nitrogens is 2. The van der Waals surface area contributed by atoms with Gasteiger partial charge < -0.3 is 29.6 Å². The molecule has 0 saturated carbocycles. The minimum Gasteiger partial charge on any atom is -0.493 e. The second-order valence-corrected chi connectivity index (χ2v) is 8.12. The molecule has 0 bridgehead atoms. The van der Waals surface area contributed by atoms with Crippen molar-refractivity contribution in [2.45, 2.75) is 13.0 Å². The molecule has 0 fully saturated rings. The molecule has 0 radical (unpaired) electrons. The molecule has 1 atom stereocenters. The average Bonchev–Trinajstić information content (AvgIpc) is 2.90. The molecule has 1 aliphatic rings. The number of halogens is 2. The number of anilines is 1. The molecule has 2 heterocycles. The van der Waals surface area contributed by atoms with Crippen molar-refractivity contribution >= 4 is 22.6 Å². The van der Waals surface area contributed by atoms with Crippen LogP contribution in [-0.4, -0.2) is 36.3 Å². The molecular weight excluding hydrogens is 486 g/mol. The number of methoxy groups -OCH3 is 1. The molecule has 0 unspecified atom stereocenters. The van der Waals surface area contributed by atoms with Crippen LogP contribution in [0.3, 0.4) is 0 Å². The number of carbonyl (C=O) groups excluding carboxylic acids is 1. The first-order valence-electron chi connectivity index (χ1n) is 11.3. The molecule has 2 amide bonds. The highest BCUT2D eigenvalue weighted by Crippen LogP contribution is 2.47. The SMILES string of the molecule is COc1cc2ncnc(Oc3ccc(NC(=O)N[C@H](C)c4ccc(F)cc4)c(F)c3)c2c2c1OCCO2. The molecule has 0 saturated heterocycles. The molecule has 1 aliphatic heterocycles. The number of nitrogens with one attached hydrogen (secondary N) is 2. The molecule has 190 valence electrons. The van der Waals surface area contributed by atoms with Gasteiger partial charge in [0.15, 0.2) is 11.5 Å². The summed E-state index contributed by atoms with van der Waals surface area (Å²) in [5.74, 6) is 0.434. The summed E-state index contributed by atoms with van der Waals surface area (Å²) < 4.78 is 50.7. The van der Waals surface area contributed by atoms with E-state index in [9.17, 15) is 13.6 Å². The van der Waals surface area contributed by atoms with Crippen molar-refractivity contribution in [2.24, 2.45) is 0 Å². The van der Waals surface area contributed by atoms with Crippen molar-refractivity contribution in [3.8, 4) is 28.9 Å². The summed E-state index contributed by atoms with van der Waals surface area (Å²) in [6.07, 6.45) is 1.31. The molecular formula is C26H22F2N4O5. The van der Waals surface area contributed by atoms with Gasteiger partial charge >= 0.3 is 6.03 Å². The van der Waals surface area contributed by atoms with Crippen LogP contribution >= 0.6 is 0 Å². The van der Waals surface area contributed by atoms with Gasteiger partial charge in [0.2, 0.25) is 11.6 Å². The van der Waals surface area contributed by atoms with E-state index in [2.05, 4.69) is 20.6 Å². The fraction of sp³-hybridized carbons (Fsp3) is 0.192. The van der Waals surface area contributed by atoms with Crippen LogP contribution in [0.2, 0.25) is 0 Å². The third-order valence-electron chi connectivity index (χ3n) is 5.68. The highest BCUT2D eigenvalue weighted by molar-refractivity contribution is 5.94. The van der Waals surface area contributed by atoms with Gasteiger partial charge in [-0.1, -0.05) is 12.1 Å². The lowest BCUT2D eigenvalue weighted by Gasteiger charge is -2.22. The standard InChI is InChI=1S/C26H22F2N4O5/c1-14(15-3-5-16(27)6-4-15)31-26(33)32-19-8-7-17(11-18(19)28)37-25-22-20(29-13-30-25)12-21(34-2)23-24(22)36-10-9-35-23/h3-8,11-14H,9-10H2,1-2H3,(H2,31,32,33)/t14-/m1/s1. The molecule has 11 heteroatoms. The second-order valence-electron chi connectivity index (χ2n) is 8.12. The summed E-state index contributed by atoms with van der Waals surface area (Å²) in [6.45, 7) is 2.41. The Balaban J connectivity index is 1.34. The van der Waals surface area contributed by atoms with Crippen LogP contribution in [0.4, 0.5) is 19.3 Å². The van der Waals surface area contributed by atoms with Crippen LogP contribution in [0.5, 0.6) is 28.9 Å². The summed E-state index contributed by atoms with van der Waals surface area (Å²) in [5.41, 5.74) is 1.14. The molecule has 9 nitrogen and oxygen atoms in total. The summed E-state index contributed by atoms with van der Waals surface area (Å²) in [5, 5.41) is 5.60. The first kappa shape index (κ1) is 24.0. The molecule has 2 N–H and O–H groups in total. The van der Waals surface area contributed by atoms with Gasteiger partial charge in [-0.25, -0.2) is 23.5 Å². The fourth-order valence-electron chi connectivity index (χ4n) is 3.87. The van der Waals surface area contributed by atoms with Crippen molar-refractivity contribution in [1.82, 2.24) is 15.3 Å². The number of rotatable bonds is 6. The molecule has 3 aromatic carbocycles. The molecule has 0 aliphatic carbocycles. The van der Waals surface area contributed by atoms with Crippen molar-refractivity contribution in [2.75, 3.05) is 25.6 Å². The minimum atomic E-state index is -0.719. The number of nitrogens with zero attached hydrogens (tertiary/aromatic N) is 2. The van der Waals surface area contributed by atoms with Crippen LogP contribution in [0.1, 0.15) is 18.5 Å². The van der Waals surface area contributed by atoms with E-state index in [0.717, 1.165) is 6.07 Å². The van der Waals surface area contributed by atoms with E-state index >= 15 is 0 Å². The van der Waals surface area contributed by atoms with Gasteiger partial charge in [0.1, 0.15) is 42.3 Å². The summed E-state index contributed by atoms with van der Waals surface area (Å²) in [4.78, 5) is 20.8. The van der Waals surface area contributed by atoms with Gasteiger partial charge in [0, 0.05) is 12.1 Å². The maximum absolute atomic E-state index is 14.8. The Morgan fingerprint density at radius 1 is 1.03 bits per heavy atom. The van der Waals surface area contributed by atoms with E-state index in [1.807, 2.05) is 0 Å². The Labute approximate surface area is 210 Å². The smallest absolute Gasteiger partial charge is 0.319 e. The second kappa shape index (κ2) is 10.1. The lowest BCUT2D eigenvalue weighted by Crippen LogP contribution is -2.31. The quantitative estimate of drug-likeness (QED) is 0.361. The van der Waals surface area contributed by atoms with E-state index < -0.39 is 17.9 Å². The van der Waals surface area contributed by atoms with Crippen LogP contribution in [-0.2, 0) is 0 Å². The highest BCUT2D eigenvalue weighted by Gasteiger charge is 2.25. The highest BCUT2D eigenvalue weighted by atomic mass is 19.1. The number of fused-ring (bicyclic) bond motifs is 3. The third kappa shape index (κ3) is 5.01. The van der Waals surface area contributed by atoms with Gasteiger partial charge in [-0.3, -0.25) is 0 Å². The van der Waals surface area contributed by atoms with E-state index in [-0.39, 0.29) is 23.1 Å². The number of benzene rings is 3. The zero-order valence-corrected chi connectivity index (χ0v) is 19.9. The van der Waals surface area contributed by atoms with Gasteiger partial charge in [-0.2, -0.15) is 0 Å². The van der Waals surface area contributed by atoms with E-state index in [0.29, 0.717) is 46.9 Å². The number of urea groups is 1. The Hall–Kier alpha value is -4.67. The van der Waals surface area contributed by atoms with Gasteiger partial charge in [-0.05, 0) is 36.8 Å². The molecule has 0 spiro atoms. The van der Waals surface area contributed by atoms with Gasteiger partial charge in [0.05, 0.1) is 24.4 Å². The van der Waals surface area contributed by atoms with Crippen molar-refractivity contribution < 1.29 is 32.5 Å². The molecule has 5 rings (SSSR count). The lowest BCUT2D eigenvalue weighted by atomic mass is 10.1. The Kier molecular flexibility index (Phi) is 6.59. The van der Waals surface area contributed by atoms with Crippen LogP contribution in [0.15, 0.2) is 54.9 Å². The fourth-order valence-corrected chi connectivity index (χ4v) is 3.87. The van der Waals surface area contributed by atoms with Crippen molar-refractivity contribution in [3.05, 3.63) is 72.1 Å². The lowest BCUT2D eigenvalue weighted by molar-refractivity contribution is 0.167. The molecule has 1 aromatic heterocycles. The molecule has 4 aromatic rings. The van der Waals surface area contributed by atoms with Crippen molar-refractivity contribution in [3.63, 3.8) is 0 Å². The average molecular weight is 508 g/mol. The molecule has 37 heavy (non-hydrogen) atoms. The first-order valence-corrected chi connectivity index (χ1v) is 11.3. The summed E-state index contributed by atoms with van der Waals surface area (Å²) >= 11 is 0. The first-order chi connectivity index (χ1) is 17.9. The predicted octanol–water partition coefficient (Wildman–Crippen LogP) is 5.36. The van der Waals surface area contributed by atoms with Crippen molar-refractivity contribution in [1.29, 1.82) is 0 Å². The van der Waals surface area contributed by atoms with E-state index in [1.165, 1.54) is 37.7 Å². The monoisotopic (exact) mass is 508 g/mol. The van der Waals surface area contributed by atoms with Gasteiger partial charge in [0.25, 0.3) is 0 Å². The third-order valence-corrected chi connectivity index (χ3v) is 5.68. The Morgan fingerprint density at radius 2 is 1.78 bits per heavy atom. The topological polar surface area (TPSA) is 104 Å². The Bertz CT molecular complexity index is 1470. The summed E-state index contributed by atoms with van der Waals surface area (Å²) in [6, 6.07) is 10.3. The van der Waals surface area contributed by atoms with Crippen LogP contribution < -0.4 is 29.6 Å². The number of ether oxygens (including phenoxy) is 4. The number of hydrogen-bond donors (Lipinski definition) is 2. The van der Waals surface area contributed by atoms with Crippen LogP contribution in [0, 0.1) is 11.6 Å². The zero-order chi connectivity index (χ0) is 25.9. The normalized spacial score (nSPS) is 13.1. The van der Waals surface area contributed by atoms with Crippen LogP contribution in [0.25, 0.3) is 10.9 Å². The number of carbonyl (C=O) groups is 1. The number of hydrogen-bond acceptors (Lipinski definition) is 7. The number of amides is 2.